The third-order valence-corrected chi connectivity index (χ3v) is 3.25. The second-order valence-electron chi connectivity index (χ2n) is 4.54. The molecule has 0 amide bonds. The first-order valence-electron chi connectivity index (χ1n) is 6.10. The number of morpholine rings is 1. The van der Waals surface area contributed by atoms with Crippen LogP contribution in [0.4, 0.5) is 0 Å². The van der Waals surface area contributed by atoms with Gasteiger partial charge in [0.15, 0.2) is 5.96 Å². The monoisotopic (exact) mass is 226 g/mol. The van der Waals surface area contributed by atoms with Crippen molar-refractivity contribution in [2.75, 3.05) is 46.4 Å². The van der Waals surface area contributed by atoms with Gasteiger partial charge in [0.2, 0.25) is 0 Å². The molecule has 0 atom stereocenters. The van der Waals surface area contributed by atoms with Crippen LogP contribution in [-0.2, 0) is 4.74 Å². The van der Waals surface area contributed by atoms with E-state index in [1.165, 1.54) is 12.8 Å². The van der Waals surface area contributed by atoms with Crippen molar-refractivity contribution in [3.05, 3.63) is 0 Å². The third kappa shape index (κ3) is 3.35. The number of aliphatic imine (C=N–C) groups is 1. The molecule has 0 radical (unpaired) electrons. The summed E-state index contributed by atoms with van der Waals surface area (Å²) in [7, 11) is 2.03. The molecule has 5 heteroatoms. The van der Waals surface area contributed by atoms with Crippen LogP contribution in [-0.4, -0.2) is 68.2 Å². The zero-order chi connectivity index (χ0) is 11.4. The van der Waals surface area contributed by atoms with Crippen molar-refractivity contribution in [3.63, 3.8) is 0 Å². The summed E-state index contributed by atoms with van der Waals surface area (Å²) in [6, 6.07) is 0.645. The minimum absolute atomic E-state index is 0.645. The normalized spacial score (nSPS) is 23.4. The molecule has 2 aliphatic rings. The van der Waals surface area contributed by atoms with E-state index in [-0.39, 0.29) is 0 Å². The predicted molar refractivity (Wildman–Crippen MR) is 64.5 cm³/mol. The molecule has 0 unspecified atom stereocenters. The maximum Gasteiger partial charge on any atom is 0.191 e. The summed E-state index contributed by atoms with van der Waals surface area (Å²) in [6.45, 7) is 5.52. The van der Waals surface area contributed by atoms with Crippen LogP contribution in [0.2, 0.25) is 0 Å². The molecule has 16 heavy (non-hydrogen) atoms. The van der Waals surface area contributed by atoms with Gasteiger partial charge in [-0.1, -0.05) is 0 Å². The van der Waals surface area contributed by atoms with Crippen molar-refractivity contribution >= 4 is 5.96 Å². The molecule has 0 aromatic carbocycles. The Kier molecular flexibility index (Phi) is 4.01. The lowest BCUT2D eigenvalue weighted by Crippen LogP contribution is -2.39. The number of nitrogens with two attached hydrogens (primary N) is 1. The Morgan fingerprint density at radius 1 is 1.44 bits per heavy atom. The number of nitrogens with zero attached hydrogens (tertiary/aromatic N) is 3. The van der Waals surface area contributed by atoms with Gasteiger partial charge in [-0.3, -0.25) is 9.89 Å². The first-order chi connectivity index (χ1) is 7.77. The Labute approximate surface area is 97.2 Å². The average molecular weight is 226 g/mol. The zero-order valence-corrected chi connectivity index (χ0v) is 10.1. The Bertz CT molecular complexity index is 246. The van der Waals surface area contributed by atoms with E-state index < -0.39 is 0 Å². The van der Waals surface area contributed by atoms with Gasteiger partial charge < -0.3 is 15.4 Å². The summed E-state index contributed by atoms with van der Waals surface area (Å²) in [6.07, 6.45) is 2.52. The highest BCUT2D eigenvalue weighted by molar-refractivity contribution is 5.78. The van der Waals surface area contributed by atoms with E-state index in [9.17, 15) is 0 Å². The quantitative estimate of drug-likeness (QED) is 0.529. The summed E-state index contributed by atoms with van der Waals surface area (Å²) < 4.78 is 5.29. The van der Waals surface area contributed by atoms with Gasteiger partial charge in [-0.05, 0) is 12.8 Å². The van der Waals surface area contributed by atoms with Crippen LogP contribution in [0.5, 0.6) is 0 Å². The molecule has 1 saturated carbocycles. The third-order valence-electron chi connectivity index (χ3n) is 3.25. The molecule has 5 nitrogen and oxygen atoms in total. The number of hydrogen-bond donors (Lipinski definition) is 1. The van der Waals surface area contributed by atoms with Crippen molar-refractivity contribution in [1.29, 1.82) is 0 Å². The lowest BCUT2D eigenvalue weighted by Gasteiger charge is -2.26. The lowest BCUT2D eigenvalue weighted by molar-refractivity contribution is 0.0394. The fourth-order valence-electron chi connectivity index (χ4n) is 1.89. The van der Waals surface area contributed by atoms with Gasteiger partial charge >= 0.3 is 0 Å². The summed E-state index contributed by atoms with van der Waals surface area (Å²) in [5, 5.41) is 0. The van der Waals surface area contributed by atoms with E-state index in [0.717, 1.165) is 39.4 Å². The van der Waals surface area contributed by atoms with E-state index in [1.807, 2.05) is 7.05 Å². The van der Waals surface area contributed by atoms with Crippen molar-refractivity contribution in [3.8, 4) is 0 Å². The van der Waals surface area contributed by atoms with Crippen LogP contribution in [0.3, 0.4) is 0 Å². The molecule has 1 aliphatic heterocycles. The number of ether oxygens (including phenoxy) is 1. The maximum absolute atomic E-state index is 5.91. The van der Waals surface area contributed by atoms with E-state index in [4.69, 9.17) is 10.5 Å². The Hall–Kier alpha value is -0.810. The Morgan fingerprint density at radius 2 is 2.12 bits per heavy atom. The van der Waals surface area contributed by atoms with Crippen LogP contribution < -0.4 is 5.73 Å². The average Bonchev–Trinajstić information content (AvgIpc) is 3.13. The molecule has 0 bridgehead atoms. The van der Waals surface area contributed by atoms with Gasteiger partial charge in [0.1, 0.15) is 0 Å². The van der Waals surface area contributed by atoms with Crippen LogP contribution >= 0.6 is 0 Å². The molecule has 1 saturated heterocycles. The highest BCUT2D eigenvalue weighted by atomic mass is 16.5. The molecular formula is C11H22N4O. The van der Waals surface area contributed by atoms with Crippen molar-refractivity contribution < 1.29 is 4.74 Å². The molecule has 2 rings (SSSR count). The van der Waals surface area contributed by atoms with E-state index >= 15 is 0 Å². The van der Waals surface area contributed by atoms with Crippen LogP contribution in [0, 0.1) is 0 Å². The van der Waals surface area contributed by atoms with E-state index in [1.54, 1.807) is 0 Å². The highest BCUT2D eigenvalue weighted by Crippen LogP contribution is 2.24. The number of guanidine groups is 1. The number of hydrogen-bond acceptors (Lipinski definition) is 3. The topological polar surface area (TPSA) is 54.1 Å². The van der Waals surface area contributed by atoms with Gasteiger partial charge in [-0.2, -0.15) is 0 Å². The van der Waals surface area contributed by atoms with Gasteiger partial charge in [0.05, 0.1) is 19.8 Å². The first kappa shape index (κ1) is 11.7. The standard InChI is InChI=1S/C11H22N4O/c1-14(10-2-3-10)11(12)13-4-5-15-6-8-16-9-7-15/h10H,2-9H2,1H3,(H2,12,13). The summed E-state index contributed by atoms with van der Waals surface area (Å²) in [5.41, 5.74) is 5.91. The Morgan fingerprint density at radius 3 is 2.75 bits per heavy atom. The fourth-order valence-corrected chi connectivity index (χ4v) is 1.89. The maximum atomic E-state index is 5.91. The van der Waals surface area contributed by atoms with Gasteiger partial charge in [-0.25, -0.2) is 0 Å². The molecule has 1 aliphatic carbocycles. The first-order valence-corrected chi connectivity index (χ1v) is 6.10. The van der Waals surface area contributed by atoms with Crippen molar-refractivity contribution in [2.45, 2.75) is 18.9 Å². The molecular weight excluding hydrogens is 204 g/mol. The fraction of sp³-hybridized carbons (Fsp3) is 0.909. The summed E-state index contributed by atoms with van der Waals surface area (Å²) in [5.74, 6) is 0.691. The molecule has 92 valence electrons. The second kappa shape index (κ2) is 5.50. The van der Waals surface area contributed by atoms with Gasteiger partial charge in [0.25, 0.3) is 0 Å². The van der Waals surface area contributed by atoms with E-state index in [0.29, 0.717) is 12.0 Å². The number of rotatable bonds is 4. The molecule has 0 aromatic heterocycles. The smallest absolute Gasteiger partial charge is 0.191 e. The van der Waals surface area contributed by atoms with Crippen molar-refractivity contribution in [1.82, 2.24) is 9.80 Å². The van der Waals surface area contributed by atoms with Crippen LogP contribution in [0.1, 0.15) is 12.8 Å². The van der Waals surface area contributed by atoms with E-state index in [2.05, 4.69) is 14.8 Å². The Balaban J connectivity index is 1.66. The van der Waals surface area contributed by atoms with Crippen molar-refractivity contribution in [2.24, 2.45) is 10.7 Å². The molecule has 2 N–H and O–H groups in total. The lowest BCUT2D eigenvalue weighted by atomic mass is 10.4. The van der Waals surface area contributed by atoms with Gasteiger partial charge in [0, 0.05) is 32.7 Å². The zero-order valence-electron chi connectivity index (χ0n) is 10.1. The van der Waals surface area contributed by atoms with Gasteiger partial charge in [-0.15, -0.1) is 0 Å². The molecule has 0 spiro atoms. The second-order valence-corrected chi connectivity index (χ2v) is 4.54. The largest absolute Gasteiger partial charge is 0.379 e. The summed E-state index contributed by atoms with van der Waals surface area (Å²) in [4.78, 5) is 8.89. The highest BCUT2D eigenvalue weighted by Gasteiger charge is 2.27. The molecule has 0 aromatic rings. The summed E-state index contributed by atoms with van der Waals surface area (Å²) >= 11 is 0. The van der Waals surface area contributed by atoms with Crippen LogP contribution in [0.15, 0.2) is 4.99 Å². The predicted octanol–water partition coefficient (Wildman–Crippen LogP) is -0.272. The minimum atomic E-state index is 0.645. The van der Waals surface area contributed by atoms with Crippen LogP contribution in [0.25, 0.3) is 0 Å². The molecule has 2 fully saturated rings. The SMILES string of the molecule is CN(C(N)=NCCN1CCOCC1)C1CC1. The molecule has 1 heterocycles. The minimum Gasteiger partial charge on any atom is -0.379 e.